The Morgan fingerprint density at radius 3 is 2.69 bits per heavy atom. The number of nitrogens with two attached hydrogens (primary N) is 1. The summed E-state index contributed by atoms with van der Waals surface area (Å²) in [5, 5.41) is 5.04. The molecule has 2 N–H and O–H groups in total. The molecular formula is C12H22ClN3. The normalized spacial score (nSPS) is 13.4. The van der Waals surface area contributed by atoms with E-state index in [4.69, 9.17) is 17.3 Å². The first-order valence-electron chi connectivity index (χ1n) is 6.03. The van der Waals surface area contributed by atoms with Gasteiger partial charge in [0.15, 0.2) is 0 Å². The first-order chi connectivity index (χ1) is 7.56. The third-order valence-electron chi connectivity index (χ3n) is 2.75. The maximum absolute atomic E-state index is 6.13. The van der Waals surface area contributed by atoms with Crippen molar-refractivity contribution in [2.24, 2.45) is 5.73 Å². The zero-order valence-corrected chi connectivity index (χ0v) is 11.2. The molecule has 1 atom stereocenters. The minimum atomic E-state index is 0.275. The molecule has 0 saturated carbocycles. The molecule has 1 aromatic heterocycles. The lowest BCUT2D eigenvalue weighted by atomic mass is 10.1. The average Bonchev–Trinajstić information content (AvgIpc) is 2.57. The van der Waals surface area contributed by atoms with Crippen LogP contribution in [-0.4, -0.2) is 15.8 Å². The molecule has 1 unspecified atom stereocenters. The molecule has 1 heterocycles. The van der Waals surface area contributed by atoms with Gasteiger partial charge in [0.2, 0.25) is 0 Å². The van der Waals surface area contributed by atoms with E-state index in [1.807, 2.05) is 4.68 Å². The van der Waals surface area contributed by atoms with Gasteiger partial charge in [-0.3, -0.25) is 4.68 Å². The van der Waals surface area contributed by atoms with Crippen LogP contribution in [0.1, 0.15) is 51.8 Å². The molecule has 16 heavy (non-hydrogen) atoms. The van der Waals surface area contributed by atoms with Crippen LogP contribution in [0.3, 0.4) is 0 Å². The van der Waals surface area contributed by atoms with Crippen molar-refractivity contribution in [3.8, 4) is 0 Å². The van der Waals surface area contributed by atoms with Crippen molar-refractivity contribution in [3.05, 3.63) is 16.9 Å². The van der Waals surface area contributed by atoms with Crippen LogP contribution in [0.15, 0.2) is 6.20 Å². The second-order valence-electron chi connectivity index (χ2n) is 4.56. The van der Waals surface area contributed by atoms with E-state index in [0.29, 0.717) is 6.04 Å². The van der Waals surface area contributed by atoms with Crippen molar-refractivity contribution in [1.82, 2.24) is 9.78 Å². The van der Waals surface area contributed by atoms with Crippen LogP contribution in [0.5, 0.6) is 0 Å². The predicted molar refractivity (Wildman–Crippen MR) is 68.8 cm³/mol. The van der Waals surface area contributed by atoms with Gasteiger partial charge in [-0.05, 0) is 33.1 Å². The summed E-state index contributed by atoms with van der Waals surface area (Å²) in [6.07, 6.45) is 5.83. The smallest absolute Gasteiger partial charge is 0.0817 e. The summed E-state index contributed by atoms with van der Waals surface area (Å²) in [7, 11) is 0. The molecule has 0 spiro atoms. The molecule has 0 fully saturated rings. The van der Waals surface area contributed by atoms with Crippen LogP contribution in [-0.2, 0) is 6.42 Å². The zero-order valence-electron chi connectivity index (χ0n) is 10.4. The largest absolute Gasteiger partial charge is 0.328 e. The van der Waals surface area contributed by atoms with Gasteiger partial charge in [-0.1, -0.05) is 24.9 Å². The van der Waals surface area contributed by atoms with Crippen molar-refractivity contribution < 1.29 is 0 Å². The van der Waals surface area contributed by atoms with E-state index in [-0.39, 0.29) is 6.04 Å². The molecule has 3 nitrogen and oxygen atoms in total. The first-order valence-corrected chi connectivity index (χ1v) is 6.41. The van der Waals surface area contributed by atoms with Crippen LogP contribution < -0.4 is 5.73 Å². The van der Waals surface area contributed by atoms with Gasteiger partial charge in [0.1, 0.15) is 0 Å². The number of hydrogen-bond acceptors (Lipinski definition) is 2. The van der Waals surface area contributed by atoms with Gasteiger partial charge in [0, 0.05) is 12.1 Å². The van der Waals surface area contributed by atoms with Crippen LogP contribution >= 0.6 is 11.6 Å². The molecule has 0 bridgehead atoms. The molecule has 0 radical (unpaired) electrons. The standard InChI is InChI=1S/C12H22ClN3/c1-4-5-10(14)6-7-12-11(13)8-15-16(12)9(2)3/h8-10H,4-7,14H2,1-3H3. The van der Waals surface area contributed by atoms with E-state index in [1.165, 1.54) is 0 Å². The second kappa shape index (κ2) is 6.26. The SMILES string of the molecule is CCCC(N)CCc1c(Cl)cnn1C(C)C. The Morgan fingerprint density at radius 2 is 2.12 bits per heavy atom. The van der Waals surface area contributed by atoms with Gasteiger partial charge in [0.05, 0.1) is 16.9 Å². The Labute approximate surface area is 103 Å². The van der Waals surface area contributed by atoms with Crippen molar-refractivity contribution in [2.45, 2.75) is 58.5 Å². The molecule has 4 heteroatoms. The lowest BCUT2D eigenvalue weighted by Crippen LogP contribution is -2.21. The molecule has 92 valence electrons. The molecule has 0 aliphatic carbocycles. The van der Waals surface area contributed by atoms with Crippen molar-refractivity contribution >= 4 is 11.6 Å². The fourth-order valence-electron chi connectivity index (χ4n) is 1.88. The Hall–Kier alpha value is -0.540. The Bertz CT molecular complexity index is 320. The molecular weight excluding hydrogens is 222 g/mol. The van der Waals surface area contributed by atoms with Gasteiger partial charge in [-0.2, -0.15) is 5.10 Å². The summed E-state index contributed by atoms with van der Waals surface area (Å²) >= 11 is 6.13. The van der Waals surface area contributed by atoms with E-state index in [1.54, 1.807) is 6.20 Å². The quantitative estimate of drug-likeness (QED) is 0.834. The van der Waals surface area contributed by atoms with Crippen LogP contribution in [0, 0.1) is 0 Å². The van der Waals surface area contributed by atoms with Crippen molar-refractivity contribution in [2.75, 3.05) is 0 Å². The van der Waals surface area contributed by atoms with Crippen LogP contribution in [0.25, 0.3) is 0 Å². The molecule has 0 aromatic carbocycles. The molecule has 1 rings (SSSR count). The molecule has 0 aliphatic rings. The van der Waals surface area contributed by atoms with Gasteiger partial charge in [-0.25, -0.2) is 0 Å². The minimum Gasteiger partial charge on any atom is -0.328 e. The van der Waals surface area contributed by atoms with E-state index >= 15 is 0 Å². The maximum atomic E-state index is 6.13. The molecule has 0 saturated heterocycles. The summed E-state index contributed by atoms with van der Waals surface area (Å²) in [5.41, 5.74) is 7.12. The first kappa shape index (κ1) is 13.5. The fraction of sp³-hybridized carbons (Fsp3) is 0.750. The monoisotopic (exact) mass is 243 g/mol. The summed E-state index contributed by atoms with van der Waals surface area (Å²) in [6, 6.07) is 0.626. The zero-order chi connectivity index (χ0) is 12.1. The Balaban J connectivity index is 2.62. The highest BCUT2D eigenvalue weighted by Gasteiger charge is 2.12. The molecule has 0 aliphatic heterocycles. The Morgan fingerprint density at radius 1 is 1.44 bits per heavy atom. The third-order valence-corrected chi connectivity index (χ3v) is 3.06. The van der Waals surface area contributed by atoms with Gasteiger partial charge >= 0.3 is 0 Å². The van der Waals surface area contributed by atoms with E-state index in [9.17, 15) is 0 Å². The summed E-state index contributed by atoms with van der Waals surface area (Å²) < 4.78 is 1.99. The summed E-state index contributed by atoms with van der Waals surface area (Å²) in [4.78, 5) is 0. The second-order valence-corrected chi connectivity index (χ2v) is 4.97. The highest BCUT2D eigenvalue weighted by molar-refractivity contribution is 6.31. The van der Waals surface area contributed by atoms with E-state index < -0.39 is 0 Å². The van der Waals surface area contributed by atoms with Gasteiger partial charge in [-0.15, -0.1) is 0 Å². The highest BCUT2D eigenvalue weighted by atomic mass is 35.5. The average molecular weight is 244 g/mol. The van der Waals surface area contributed by atoms with Crippen molar-refractivity contribution in [1.29, 1.82) is 0 Å². The maximum Gasteiger partial charge on any atom is 0.0817 e. The predicted octanol–water partition coefficient (Wildman–Crippen LogP) is 3.18. The van der Waals surface area contributed by atoms with Crippen LogP contribution in [0.4, 0.5) is 0 Å². The lowest BCUT2D eigenvalue weighted by Gasteiger charge is -2.14. The molecule has 0 amide bonds. The fourth-order valence-corrected chi connectivity index (χ4v) is 2.11. The summed E-state index contributed by atoms with van der Waals surface area (Å²) in [6.45, 7) is 6.38. The van der Waals surface area contributed by atoms with E-state index in [0.717, 1.165) is 36.4 Å². The number of aromatic nitrogens is 2. The van der Waals surface area contributed by atoms with Crippen LogP contribution in [0.2, 0.25) is 5.02 Å². The number of rotatable bonds is 6. The number of halogens is 1. The minimum absolute atomic E-state index is 0.275. The lowest BCUT2D eigenvalue weighted by molar-refractivity contribution is 0.489. The Kier molecular flexibility index (Phi) is 5.29. The van der Waals surface area contributed by atoms with E-state index in [2.05, 4.69) is 25.9 Å². The van der Waals surface area contributed by atoms with Crippen molar-refractivity contribution in [3.63, 3.8) is 0 Å². The third kappa shape index (κ3) is 3.49. The summed E-state index contributed by atoms with van der Waals surface area (Å²) in [5.74, 6) is 0. The number of hydrogen-bond donors (Lipinski definition) is 1. The van der Waals surface area contributed by atoms with Gasteiger partial charge in [0.25, 0.3) is 0 Å². The van der Waals surface area contributed by atoms with Gasteiger partial charge < -0.3 is 5.73 Å². The topological polar surface area (TPSA) is 43.8 Å². The highest BCUT2D eigenvalue weighted by Crippen LogP contribution is 2.21. The number of nitrogens with zero attached hydrogens (tertiary/aromatic N) is 2. The molecule has 1 aromatic rings.